The zero-order valence-corrected chi connectivity index (χ0v) is 14.8. The smallest absolute Gasteiger partial charge is 0.0596 e. The maximum absolute atomic E-state index is 4.87. The molecule has 0 aliphatic heterocycles. The Balaban J connectivity index is -0.0000000150. The predicted molar refractivity (Wildman–Crippen MR) is 41.7 cm³/mol. The molecule has 0 heterocycles. The van der Waals surface area contributed by atoms with Crippen LogP contribution in [0.2, 0.25) is 0 Å². The Hall–Kier alpha value is 5.20. The van der Waals surface area contributed by atoms with Crippen LogP contribution < -0.4 is 0 Å². The van der Waals surface area contributed by atoms with E-state index in [1.165, 1.54) is 0 Å². The minimum absolute atomic E-state index is 0. The fraction of sp³-hybridized carbons (Fsp3) is 0. The van der Waals surface area contributed by atoms with E-state index < -0.39 is 5.98 Å². The average molecular weight is 239 g/mol. The third kappa shape index (κ3) is 35.1. The van der Waals surface area contributed by atoms with Crippen LogP contribution in [0.4, 0.5) is 0 Å². The van der Waals surface area contributed by atoms with Crippen molar-refractivity contribution < 1.29 is 0 Å². The van der Waals surface area contributed by atoms with Crippen LogP contribution in [-0.2, 0) is 0 Å². The van der Waals surface area contributed by atoms with Gasteiger partial charge in [-0.1, -0.05) is 33.7 Å². The van der Waals surface area contributed by atoms with Crippen LogP contribution in [0.5, 0.6) is 0 Å². The molecule has 0 aliphatic carbocycles. The van der Waals surface area contributed by atoms with E-state index in [4.69, 9.17) is 33.7 Å². The van der Waals surface area contributed by atoms with Crippen molar-refractivity contribution in [3.05, 3.63) is 0 Å². The van der Waals surface area contributed by atoms with E-state index in [9.17, 15) is 0 Å². The molecule has 0 nitrogen and oxygen atoms in total. The third-order valence-corrected chi connectivity index (χ3v) is 0. The molecular formula is CaCl3KNaP. The summed E-state index contributed by atoms with van der Waals surface area (Å²) >= 11 is 14.6. The molecule has 0 aromatic heterocycles. The third-order valence-electron chi connectivity index (χ3n) is 0. The van der Waals surface area contributed by atoms with Gasteiger partial charge in [0.05, 0.1) is 0 Å². The van der Waals surface area contributed by atoms with Crippen molar-refractivity contribution in [3.8, 4) is 0 Å². The van der Waals surface area contributed by atoms with Crippen molar-refractivity contribution >= 4 is 158 Å². The largest absolute Gasteiger partial charge is 0.179 e. The van der Waals surface area contributed by atoms with Crippen molar-refractivity contribution in [1.82, 2.24) is 0 Å². The summed E-state index contributed by atoms with van der Waals surface area (Å²) in [5.41, 5.74) is 0. The van der Waals surface area contributed by atoms with Crippen molar-refractivity contribution in [2.75, 3.05) is 0 Å². The van der Waals surface area contributed by atoms with Gasteiger partial charge in [0.2, 0.25) is 0 Å². The summed E-state index contributed by atoms with van der Waals surface area (Å²) in [7, 11) is 0. The normalized spacial score (nSPS) is 5.14. The Kier molecular flexibility index (Phi) is 56.3. The van der Waals surface area contributed by atoms with Crippen LogP contribution in [0.1, 0.15) is 0 Å². The molecule has 0 aliphatic rings. The molecule has 0 rings (SSSR count). The summed E-state index contributed by atoms with van der Waals surface area (Å²) in [6, 6.07) is 0. The summed E-state index contributed by atoms with van der Waals surface area (Å²) in [6.07, 6.45) is 0. The Morgan fingerprint density at radius 1 is 1.00 bits per heavy atom. The van der Waals surface area contributed by atoms with Gasteiger partial charge in [-0.25, -0.2) is 0 Å². The van der Waals surface area contributed by atoms with Gasteiger partial charge in [0, 0.05) is 119 Å². The van der Waals surface area contributed by atoms with Gasteiger partial charge >= 0.3 is 0 Å². The Labute approximate surface area is 154 Å². The van der Waals surface area contributed by atoms with Crippen molar-refractivity contribution in [2.45, 2.75) is 0 Å². The molecule has 0 saturated carbocycles. The summed E-state index contributed by atoms with van der Waals surface area (Å²) in [4.78, 5) is 0. The molecule has 0 amide bonds. The van der Waals surface area contributed by atoms with Gasteiger partial charge < -0.3 is 0 Å². The first kappa shape index (κ1) is 22.8. The summed E-state index contributed by atoms with van der Waals surface area (Å²) in [5, 5.41) is 0. The topological polar surface area (TPSA) is 0 Å². The molecule has 0 spiro atoms. The summed E-state index contributed by atoms with van der Waals surface area (Å²) in [6.45, 7) is 0. The van der Waals surface area contributed by atoms with Crippen LogP contribution in [0, 0.1) is 0 Å². The zero-order chi connectivity index (χ0) is 3.58. The van der Waals surface area contributed by atoms with Crippen molar-refractivity contribution in [2.24, 2.45) is 0 Å². The molecule has 4 radical (unpaired) electrons. The molecule has 0 fully saturated rings. The Morgan fingerprint density at radius 3 is 1.00 bits per heavy atom. The number of hydrogen-bond acceptors (Lipinski definition) is 0. The first-order chi connectivity index (χ1) is 1.73. The number of rotatable bonds is 0. The van der Waals surface area contributed by atoms with E-state index in [1.807, 2.05) is 0 Å². The van der Waals surface area contributed by atoms with Crippen LogP contribution in [0.3, 0.4) is 0 Å². The minimum Gasteiger partial charge on any atom is -0.0596 e. The van der Waals surface area contributed by atoms with Crippen LogP contribution >= 0.6 is 39.7 Å². The van der Waals surface area contributed by atoms with Gasteiger partial charge in [0.1, 0.15) is 0 Å². The van der Waals surface area contributed by atoms with Gasteiger partial charge in [-0.3, -0.25) is 0 Å². The molecule has 0 atom stereocenters. The van der Waals surface area contributed by atoms with E-state index in [1.54, 1.807) is 0 Å². The number of hydrogen-bond donors (Lipinski definition) is 0. The maximum Gasteiger partial charge on any atom is 0.179 e. The van der Waals surface area contributed by atoms with E-state index in [0.717, 1.165) is 0 Å². The standard InChI is InChI=1S/Ca.Cl3P.K.Na/c;1-4(2)3;;. The predicted octanol–water partition coefficient (Wildman–Crippen LogP) is 1.79. The molecule has 0 bridgehead atoms. The zero-order valence-electron chi connectivity index (χ0n) is 4.29. The molecular weight excluding hydrogens is 239 g/mol. The van der Waals surface area contributed by atoms with E-state index in [-0.39, 0.29) is 119 Å². The van der Waals surface area contributed by atoms with Crippen molar-refractivity contribution in [3.63, 3.8) is 0 Å². The number of halogens is 3. The minimum atomic E-state index is -1.20. The Bertz CT molecular complexity index is 19.7. The average Bonchev–Trinajstić information content (AvgIpc) is 0.811. The molecule has 7 heteroatoms. The second-order valence-electron chi connectivity index (χ2n) is 0.192. The van der Waals surface area contributed by atoms with Crippen LogP contribution in [0.25, 0.3) is 0 Å². The van der Waals surface area contributed by atoms with Crippen LogP contribution in [0.15, 0.2) is 0 Å². The molecule has 0 aromatic rings. The maximum atomic E-state index is 4.87. The quantitative estimate of drug-likeness (QED) is 0.447. The summed E-state index contributed by atoms with van der Waals surface area (Å²) in [5.74, 6) is -1.20. The van der Waals surface area contributed by atoms with E-state index in [0.29, 0.717) is 0 Å². The van der Waals surface area contributed by atoms with Crippen LogP contribution in [-0.4, -0.2) is 119 Å². The molecule has 0 aromatic carbocycles. The molecule has 7 heavy (non-hydrogen) atoms. The molecule has 30 valence electrons. The SMILES string of the molecule is ClP(Cl)Cl.[Ca].[K].[Na]. The molecule has 0 unspecified atom stereocenters. The second kappa shape index (κ2) is 17.3. The monoisotopic (exact) mass is 238 g/mol. The van der Waals surface area contributed by atoms with Crippen molar-refractivity contribution in [1.29, 1.82) is 0 Å². The second-order valence-corrected chi connectivity index (χ2v) is 5.17. The molecule has 0 N–H and O–H groups in total. The van der Waals surface area contributed by atoms with Gasteiger partial charge in [-0.05, 0) is 0 Å². The fourth-order valence-corrected chi connectivity index (χ4v) is 0. The van der Waals surface area contributed by atoms with Gasteiger partial charge in [-0.15, -0.1) is 0 Å². The first-order valence-corrected chi connectivity index (χ1v) is 4.56. The fourth-order valence-electron chi connectivity index (χ4n) is 0. The van der Waals surface area contributed by atoms with Gasteiger partial charge in [-0.2, -0.15) is 0 Å². The van der Waals surface area contributed by atoms with Gasteiger partial charge in [0.25, 0.3) is 0 Å². The Morgan fingerprint density at radius 2 is 1.00 bits per heavy atom. The van der Waals surface area contributed by atoms with Gasteiger partial charge in [0.15, 0.2) is 5.98 Å². The van der Waals surface area contributed by atoms with E-state index in [2.05, 4.69) is 0 Å². The summed E-state index contributed by atoms with van der Waals surface area (Å²) < 4.78 is 0. The molecule has 0 saturated heterocycles. The van der Waals surface area contributed by atoms with E-state index >= 15 is 0 Å². The first-order valence-electron chi connectivity index (χ1n) is 0.507.